The van der Waals surface area contributed by atoms with Gasteiger partial charge >= 0.3 is 0 Å². The van der Waals surface area contributed by atoms with Crippen molar-refractivity contribution in [2.24, 2.45) is 17.8 Å². The third-order valence-corrected chi connectivity index (χ3v) is 3.41. The largest absolute Gasteiger partial charge is 0.0651 e. The van der Waals surface area contributed by atoms with Crippen molar-refractivity contribution in [3.63, 3.8) is 0 Å². The van der Waals surface area contributed by atoms with Crippen LogP contribution in [-0.2, 0) is 0 Å². The van der Waals surface area contributed by atoms with Gasteiger partial charge in [-0.3, -0.25) is 0 Å². The summed E-state index contributed by atoms with van der Waals surface area (Å²) in [6.07, 6.45) is 7.40. The predicted octanol–water partition coefficient (Wildman–Crippen LogP) is 3.86. The van der Waals surface area contributed by atoms with Gasteiger partial charge in [0.25, 0.3) is 0 Å². The van der Waals surface area contributed by atoms with Crippen LogP contribution in [0.5, 0.6) is 0 Å². The number of hydrogen-bond donors (Lipinski definition) is 0. The van der Waals surface area contributed by atoms with E-state index in [9.17, 15) is 0 Å². The monoisotopic (exact) mass is 154 g/mol. The molecule has 0 aromatic heterocycles. The highest BCUT2D eigenvalue weighted by Gasteiger charge is 2.21. The van der Waals surface area contributed by atoms with Gasteiger partial charge < -0.3 is 0 Å². The van der Waals surface area contributed by atoms with Crippen LogP contribution in [0.15, 0.2) is 0 Å². The summed E-state index contributed by atoms with van der Waals surface area (Å²) in [6.45, 7) is 7.08. The quantitative estimate of drug-likeness (QED) is 0.566. The minimum atomic E-state index is 0.924. The molecule has 1 aliphatic rings. The maximum Gasteiger partial charge on any atom is -0.0391 e. The summed E-state index contributed by atoms with van der Waals surface area (Å²) in [7, 11) is 0. The highest BCUT2D eigenvalue weighted by Crippen LogP contribution is 2.34. The fourth-order valence-corrected chi connectivity index (χ4v) is 2.26. The molecule has 0 unspecified atom stereocenters. The van der Waals surface area contributed by atoms with Crippen LogP contribution in [0.25, 0.3) is 0 Å². The Kier molecular flexibility index (Phi) is 3.42. The van der Waals surface area contributed by atoms with Crippen molar-refractivity contribution in [1.82, 2.24) is 0 Å². The molecule has 0 aromatic rings. The van der Waals surface area contributed by atoms with Gasteiger partial charge in [0.15, 0.2) is 0 Å². The van der Waals surface area contributed by atoms with Crippen LogP contribution in [0.2, 0.25) is 0 Å². The van der Waals surface area contributed by atoms with Crippen molar-refractivity contribution in [2.45, 2.75) is 52.9 Å². The van der Waals surface area contributed by atoms with Gasteiger partial charge in [0.2, 0.25) is 0 Å². The SMILES string of the molecule is CCC1CCC(C(C)C)CC1. The summed E-state index contributed by atoms with van der Waals surface area (Å²) >= 11 is 0. The van der Waals surface area contributed by atoms with Crippen LogP contribution in [0.3, 0.4) is 0 Å². The Bertz CT molecular complexity index is 96.6. The molecule has 0 atom stereocenters. The average molecular weight is 154 g/mol. The van der Waals surface area contributed by atoms with E-state index in [1.165, 1.54) is 32.1 Å². The lowest BCUT2D eigenvalue weighted by atomic mass is 9.76. The minimum absolute atomic E-state index is 0.924. The van der Waals surface area contributed by atoms with E-state index in [4.69, 9.17) is 0 Å². The molecule has 0 aromatic carbocycles. The van der Waals surface area contributed by atoms with Gasteiger partial charge in [0, 0.05) is 0 Å². The first-order chi connectivity index (χ1) is 5.24. The molecule has 0 N–H and O–H groups in total. The maximum atomic E-state index is 2.37. The lowest BCUT2D eigenvalue weighted by Crippen LogP contribution is -2.17. The Morgan fingerprint density at radius 3 is 2.00 bits per heavy atom. The van der Waals surface area contributed by atoms with Crippen molar-refractivity contribution >= 4 is 0 Å². The molecule has 1 aliphatic carbocycles. The molecule has 0 spiro atoms. The van der Waals surface area contributed by atoms with Crippen LogP contribution >= 0.6 is 0 Å². The Balaban J connectivity index is 2.24. The lowest BCUT2D eigenvalue weighted by molar-refractivity contribution is 0.221. The first-order valence-corrected chi connectivity index (χ1v) is 5.24. The van der Waals surface area contributed by atoms with Gasteiger partial charge in [0.05, 0.1) is 0 Å². The van der Waals surface area contributed by atoms with Crippen LogP contribution in [0, 0.1) is 17.8 Å². The van der Waals surface area contributed by atoms with Crippen LogP contribution in [0.1, 0.15) is 52.9 Å². The Morgan fingerprint density at radius 1 is 1.09 bits per heavy atom. The van der Waals surface area contributed by atoms with Gasteiger partial charge in [-0.25, -0.2) is 0 Å². The summed E-state index contributed by atoms with van der Waals surface area (Å²) in [5.74, 6) is 3.02. The van der Waals surface area contributed by atoms with E-state index >= 15 is 0 Å². The van der Waals surface area contributed by atoms with E-state index in [-0.39, 0.29) is 0 Å². The van der Waals surface area contributed by atoms with Crippen LogP contribution < -0.4 is 0 Å². The van der Waals surface area contributed by atoms with Crippen molar-refractivity contribution < 1.29 is 0 Å². The van der Waals surface area contributed by atoms with Gasteiger partial charge in [-0.2, -0.15) is 0 Å². The van der Waals surface area contributed by atoms with Gasteiger partial charge in [-0.1, -0.05) is 40.0 Å². The second kappa shape index (κ2) is 4.13. The zero-order chi connectivity index (χ0) is 8.27. The zero-order valence-corrected chi connectivity index (χ0v) is 8.27. The van der Waals surface area contributed by atoms with Crippen molar-refractivity contribution in [2.75, 3.05) is 0 Å². The molecule has 0 radical (unpaired) electrons. The molecule has 66 valence electrons. The fraction of sp³-hybridized carbons (Fsp3) is 1.00. The Morgan fingerprint density at radius 2 is 1.64 bits per heavy atom. The molecule has 1 rings (SSSR count). The molecule has 11 heavy (non-hydrogen) atoms. The van der Waals surface area contributed by atoms with Gasteiger partial charge in [-0.15, -0.1) is 0 Å². The molecule has 0 heterocycles. The fourth-order valence-electron chi connectivity index (χ4n) is 2.26. The third-order valence-electron chi connectivity index (χ3n) is 3.41. The van der Waals surface area contributed by atoms with Crippen molar-refractivity contribution in [3.8, 4) is 0 Å². The normalized spacial score (nSPS) is 32.7. The first-order valence-electron chi connectivity index (χ1n) is 5.24. The number of hydrogen-bond acceptors (Lipinski definition) is 0. The summed E-state index contributed by atoms with van der Waals surface area (Å²) in [6, 6.07) is 0. The van der Waals surface area contributed by atoms with Crippen molar-refractivity contribution in [1.29, 1.82) is 0 Å². The predicted molar refractivity (Wildman–Crippen MR) is 50.6 cm³/mol. The van der Waals surface area contributed by atoms with Gasteiger partial charge in [0.1, 0.15) is 0 Å². The molecular weight excluding hydrogens is 132 g/mol. The molecule has 0 saturated heterocycles. The molecule has 1 saturated carbocycles. The van der Waals surface area contributed by atoms with E-state index in [0.717, 1.165) is 17.8 Å². The van der Waals surface area contributed by atoms with E-state index in [2.05, 4.69) is 20.8 Å². The second-order valence-electron chi connectivity index (χ2n) is 4.43. The van der Waals surface area contributed by atoms with E-state index in [0.29, 0.717) is 0 Å². The van der Waals surface area contributed by atoms with Crippen LogP contribution in [-0.4, -0.2) is 0 Å². The third kappa shape index (κ3) is 2.50. The van der Waals surface area contributed by atoms with E-state index < -0.39 is 0 Å². The van der Waals surface area contributed by atoms with Crippen molar-refractivity contribution in [3.05, 3.63) is 0 Å². The molecule has 0 heteroatoms. The molecule has 0 amide bonds. The minimum Gasteiger partial charge on any atom is -0.0651 e. The van der Waals surface area contributed by atoms with E-state index in [1.54, 1.807) is 0 Å². The lowest BCUT2D eigenvalue weighted by Gasteiger charge is -2.30. The van der Waals surface area contributed by atoms with Gasteiger partial charge in [-0.05, 0) is 30.6 Å². The van der Waals surface area contributed by atoms with Crippen LogP contribution in [0.4, 0.5) is 0 Å². The zero-order valence-electron chi connectivity index (χ0n) is 8.27. The highest BCUT2D eigenvalue weighted by atomic mass is 14.3. The summed E-state index contributed by atoms with van der Waals surface area (Å²) in [4.78, 5) is 0. The summed E-state index contributed by atoms with van der Waals surface area (Å²) in [5.41, 5.74) is 0. The molecule has 1 fully saturated rings. The number of rotatable bonds is 2. The summed E-state index contributed by atoms with van der Waals surface area (Å²) in [5, 5.41) is 0. The Labute approximate surface area is 71.4 Å². The second-order valence-corrected chi connectivity index (χ2v) is 4.43. The molecule has 0 nitrogen and oxygen atoms in total. The maximum absolute atomic E-state index is 2.37. The Hall–Kier alpha value is 0. The average Bonchev–Trinajstić information content (AvgIpc) is 2.05. The smallest absolute Gasteiger partial charge is 0.0391 e. The topological polar surface area (TPSA) is 0 Å². The highest BCUT2D eigenvalue weighted by molar-refractivity contribution is 4.73. The standard InChI is InChI=1S/C11H22/c1-4-10-5-7-11(8-6-10)9(2)3/h9-11H,4-8H2,1-3H3. The molecular formula is C11H22. The molecule has 0 bridgehead atoms. The van der Waals surface area contributed by atoms with E-state index in [1.807, 2.05) is 0 Å². The first kappa shape index (κ1) is 9.09. The molecule has 0 aliphatic heterocycles. The summed E-state index contributed by atoms with van der Waals surface area (Å²) < 4.78 is 0.